The average Bonchev–Trinajstić information content (AvgIpc) is 2.49. The molecule has 0 saturated carbocycles. The van der Waals surface area contributed by atoms with Crippen molar-refractivity contribution >= 4 is 5.97 Å². The summed E-state index contributed by atoms with van der Waals surface area (Å²) in [5, 5.41) is 8.65. The van der Waals surface area contributed by atoms with Crippen molar-refractivity contribution in [2.75, 3.05) is 53.6 Å². The molecule has 0 heterocycles. The fraction of sp³-hybridized carbons (Fsp3) is 0.944. The number of hydrogen-bond acceptors (Lipinski definition) is 4. The maximum Gasteiger partial charge on any atom is 0.361 e. The summed E-state index contributed by atoms with van der Waals surface area (Å²) in [6.45, 7) is 4.79. The first-order valence-corrected chi connectivity index (χ1v) is 9.18. The molecule has 146 valence electrons. The van der Waals surface area contributed by atoms with Crippen molar-refractivity contribution in [3.63, 3.8) is 0 Å². The zero-order chi connectivity index (χ0) is 17.4. The van der Waals surface area contributed by atoms with Crippen molar-refractivity contribution in [1.29, 1.82) is 0 Å². The second-order valence-corrected chi connectivity index (χ2v) is 6.85. The Balaban J connectivity index is 0. The maximum absolute atomic E-state index is 11.8. The molecule has 0 unspecified atom stereocenters. The van der Waals surface area contributed by atoms with Crippen molar-refractivity contribution in [2.24, 2.45) is 0 Å². The lowest BCUT2D eigenvalue weighted by molar-refractivity contribution is -0.883. The van der Waals surface area contributed by atoms with Gasteiger partial charge in [-0.25, -0.2) is 4.79 Å². The number of esters is 1. The number of aliphatic hydroxyl groups is 1. The van der Waals surface area contributed by atoms with Crippen LogP contribution in [0.4, 0.5) is 0 Å². The third-order valence-corrected chi connectivity index (χ3v) is 3.89. The molecule has 0 atom stereocenters. The van der Waals surface area contributed by atoms with Crippen molar-refractivity contribution in [2.45, 2.75) is 58.3 Å². The van der Waals surface area contributed by atoms with E-state index in [1.165, 1.54) is 38.5 Å². The first-order chi connectivity index (χ1) is 11.0. The molecular formula is C18H38ClNO4. The van der Waals surface area contributed by atoms with Crippen LogP contribution in [0, 0.1) is 0 Å². The molecule has 6 heteroatoms. The molecule has 0 spiro atoms. The van der Waals surface area contributed by atoms with Gasteiger partial charge >= 0.3 is 5.97 Å². The summed E-state index contributed by atoms with van der Waals surface area (Å²) in [6.07, 6.45) is 9.96. The molecule has 0 aromatic carbocycles. The summed E-state index contributed by atoms with van der Waals surface area (Å²) in [5.41, 5.74) is 0. The van der Waals surface area contributed by atoms with Crippen LogP contribution in [0.25, 0.3) is 0 Å². The number of quaternary nitrogens is 1. The fourth-order valence-electron chi connectivity index (χ4n) is 2.37. The van der Waals surface area contributed by atoms with Gasteiger partial charge in [0.15, 0.2) is 6.54 Å². The van der Waals surface area contributed by atoms with E-state index in [-0.39, 0.29) is 25.0 Å². The minimum Gasteiger partial charge on any atom is -1.00 e. The molecule has 0 aromatic heterocycles. The van der Waals surface area contributed by atoms with Gasteiger partial charge < -0.3 is 31.5 Å². The van der Waals surface area contributed by atoms with Crippen molar-refractivity contribution < 1.29 is 36.3 Å². The largest absolute Gasteiger partial charge is 1.00 e. The number of carbonyl (C=O) groups excluding carboxylic acids is 1. The highest BCUT2D eigenvalue weighted by molar-refractivity contribution is 5.70. The third-order valence-electron chi connectivity index (χ3n) is 3.89. The van der Waals surface area contributed by atoms with E-state index in [4.69, 9.17) is 14.6 Å². The number of rotatable bonds is 16. The van der Waals surface area contributed by atoms with Crippen LogP contribution in [-0.4, -0.2) is 69.2 Å². The highest BCUT2D eigenvalue weighted by atomic mass is 35.5. The lowest BCUT2D eigenvalue weighted by atomic mass is 10.1. The van der Waals surface area contributed by atoms with Crippen LogP contribution < -0.4 is 12.4 Å². The Kier molecular flexibility index (Phi) is 18.8. The number of hydrogen-bond donors (Lipinski definition) is 1. The highest BCUT2D eigenvalue weighted by Gasteiger charge is 2.20. The minimum atomic E-state index is -0.139. The van der Waals surface area contributed by atoms with Gasteiger partial charge in [0.05, 0.1) is 40.5 Å². The van der Waals surface area contributed by atoms with Gasteiger partial charge in [-0.2, -0.15) is 0 Å². The summed E-state index contributed by atoms with van der Waals surface area (Å²) < 4.78 is 11.1. The van der Waals surface area contributed by atoms with Crippen LogP contribution in [0.3, 0.4) is 0 Å². The Hall–Kier alpha value is -0.360. The van der Waals surface area contributed by atoms with E-state index in [2.05, 4.69) is 6.92 Å². The van der Waals surface area contributed by atoms with Gasteiger partial charge in [-0.3, -0.25) is 0 Å². The van der Waals surface area contributed by atoms with Crippen molar-refractivity contribution in [1.82, 2.24) is 0 Å². The number of unbranched alkanes of at least 4 members (excludes halogenated alkanes) is 7. The van der Waals surface area contributed by atoms with Crippen LogP contribution in [0.2, 0.25) is 0 Å². The molecule has 0 aliphatic heterocycles. The number of likely N-dealkylation sites (N-methyl/N-ethyl adjacent to an activating group) is 1. The first-order valence-electron chi connectivity index (χ1n) is 9.18. The van der Waals surface area contributed by atoms with Crippen LogP contribution in [-0.2, 0) is 14.3 Å². The molecule has 0 fully saturated rings. The zero-order valence-corrected chi connectivity index (χ0v) is 16.7. The Morgan fingerprint density at radius 1 is 0.917 bits per heavy atom. The molecule has 0 radical (unpaired) electrons. The summed E-state index contributed by atoms with van der Waals surface area (Å²) in [4.78, 5) is 11.8. The van der Waals surface area contributed by atoms with Crippen LogP contribution >= 0.6 is 0 Å². The number of carbonyl (C=O) groups is 1. The summed E-state index contributed by atoms with van der Waals surface area (Å²) in [5.74, 6) is -0.139. The Morgan fingerprint density at radius 3 is 2.08 bits per heavy atom. The van der Waals surface area contributed by atoms with Crippen LogP contribution in [0.5, 0.6) is 0 Å². The van der Waals surface area contributed by atoms with E-state index in [1.54, 1.807) is 0 Å². The number of halogens is 1. The van der Waals surface area contributed by atoms with Gasteiger partial charge in [-0.05, 0) is 6.42 Å². The smallest absolute Gasteiger partial charge is 0.361 e. The van der Waals surface area contributed by atoms with E-state index in [0.29, 0.717) is 30.8 Å². The zero-order valence-electron chi connectivity index (χ0n) is 15.9. The van der Waals surface area contributed by atoms with E-state index in [9.17, 15) is 4.79 Å². The van der Waals surface area contributed by atoms with Gasteiger partial charge in [0.1, 0.15) is 6.54 Å². The lowest BCUT2D eigenvalue weighted by Crippen LogP contribution is -3.00. The fourth-order valence-corrected chi connectivity index (χ4v) is 2.37. The summed E-state index contributed by atoms with van der Waals surface area (Å²) in [7, 11) is 3.97. The summed E-state index contributed by atoms with van der Waals surface area (Å²) in [6, 6.07) is 0. The van der Waals surface area contributed by atoms with E-state index >= 15 is 0 Å². The van der Waals surface area contributed by atoms with Crippen LogP contribution in [0.15, 0.2) is 0 Å². The summed E-state index contributed by atoms with van der Waals surface area (Å²) >= 11 is 0. The standard InChI is InChI=1S/C18H38NO4.ClH/c1-4-5-6-7-8-9-10-11-14-23-18(21)17-19(2,3)12-15-22-16-13-20;/h20H,4-17H2,1-3H3;1H/q+1;/p-1. The molecule has 5 nitrogen and oxygen atoms in total. The van der Waals surface area contributed by atoms with E-state index in [1.807, 2.05) is 14.1 Å². The SMILES string of the molecule is CCCCCCCCCCOC(=O)C[N+](C)(C)CCOCCO.[Cl-]. The van der Waals surface area contributed by atoms with Gasteiger partial charge in [0, 0.05) is 0 Å². The Bertz CT molecular complexity index is 288. The molecule has 0 bridgehead atoms. The normalized spacial score (nSPS) is 11.2. The molecule has 0 saturated heterocycles. The quantitative estimate of drug-likeness (QED) is 0.232. The second-order valence-electron chi connectivity index (χ2n) is 6.85. The minimum absolute atomic E-state index is 0. The third kappa shape index (κ3) is 18.0. The lowest BCUT2D eigenvalue weighted by Gasteiger charge is -2.28. The second kappa shape index (κ2) is 17.5. The number of nitrogens with zero attached hydrogens (tertiary/aromatic N) is 1. The molecule has 0 rings (SSSR count). The predicted octanol–water partition coefficient (Wildman–Crippen LogP) is -0.240. The maximum atomic E-state index is 11.8. The Labute approximate surface area is 154 Å². The van der Waals surface area contributed by atoms with Gasteiger partial charge in [-0.1, -0.05) is 51.9 Å². The molecule has 0 aromatic rings. The van der Waals surface area contributed by atoms with E-state index in [0.717, 1.165) is 19.4 Å². The van der Waals surface area contributed by atoms with Gasteiger partial charge in [-0.15, -0.1) is 0 Å². The van der Waals surface area contributed by atoms with Crippen molar-refractivity contribution in [3.8, 4) is 0 Å². The average molecular weight is 368 g/mol. The van der Waals surface area contributed by atoms with Gasteiger partial charge in [0.25, 0.3) is 0 Å². The number of aliphatic hydroxyl groups excluding tert-OH is 1. The predicted molar refractivity (Wildman–Crippen MR) is 93.3 cm³/mol. The van der Waals surface area contributed by atoms with Gasteiger partial charge in [0.2, 0.25) is 0 Å². The van der Waals surface area contributed by atoms with Crippen LogP contribution in [0.1, 0.15) is 58.3 Å². The van der Waals surface area contributed by atoms with Crippen molar-refractivity contribution in [3.05, 3.63) is 0 Å². The van der Waals surface area contributed by atoms with E-state index < -0.39 is 0 Å². The molecular weight excluding hydrogens is 330 g/mol. The molecule has 24 heavy (non-hydrogen) atoms. The highest BCUT2D eigenvalue weighted by Crippen LogP contribution is 2.08. The molecule has 1 N–H and O–H groups in total. The topological polar surface area (TPSA) is 55.8 Å². The number of ether oxygens (including phenoxy) is 2. The monoisotopic (exact) mass is 367 g/mol. The molecule has 0 aliphatic rings. The Morgan fingerprint density at radius 2 is 1.50 bits per heavy atom. The molecule has 0 amide bonds. The first kappa shape index (κ1) is 25.9. The molecule has 0 aliphatic carbocycles.